The number of hydrogen-bond acceptors (Lipinski definition) is 4. The van der Waals surface area contributed by atoms with Crippen molar-refractivity contribution in [3.8, 4) is 12.1 Å². The normalized spacial score (nSPS) is 11.2. The Bertz CT molecular complexity index is 789. The molecule has 0 N–H and O–H groups in total. The number of rotatable bonds is 4. The van der Waals surface area contributed by atoms with Crippen molar-refractivity contribution in [2.75, 3.05) is 0 Å². The van der Waals surface area contributed by atoms with E-state index in [1.165, 1.54) is 12.1 Å². The molecule has 0 amide bonds. The molecule has 0 aromatic heterocycles. The highest BCUT2D eigenvalue weighted by Gasteiger charge is 2.16. The van der Waals surface area contributed by atoms with E-state index >= 15 is 0 Å². The van der Waals surface area contributed by atoms with Gasteiger partial charge in [-0.05, 0) is 29.7 Å². The first-order chi connectivity index (χ1) is 10.5. The van der Waals surface area contributed by atoms with Gasteiger partial charge in [-0.25, -0.2) is 0 Å². The molecule has 0 aliphatic heterocycles. The fourth-order valence-corrected chi connectivity index (χ4v) is 2.32. The van der Waals surface area contributed by atoms with Gasteiger partial charge >= 0.3 is 0 Å². The predicted molar refractivity (Wildman–Crippen MR) is 81.3 cm³/mol. The molecule has 0 saturated heterocycles. The number of non-ortho nitro benzene ring substituents is 1. The average Bonchev–Trinajstić information content (AvgIpc) is 2.53. The number of nitro benzene ring substituents is 1. The highest BCUT2D eigenvalue weighted by molar-refractivity contribution is 6.31. The van der Waals surface area contributed by atoms with E-state index in [1.54, 1.807) is 30.3 Å². The molecule has 5 nitrogen and oxygen atoms in total. The maximum Gasteiger partial charge on any atom is 0.270 e. The van der Waals surface area contributed by atoms with Crippen LogP contribution in [0.3, 0.4) is 0 Å². The first-order valence-electron chi connectivity index (χ1n) is 6.37. The van der Waals surface area contributed by atoms with Gasteiger partial charge in [-0.1, -0.05) is 29.8 Å². The molecule has 22 heavy (non-hydrogen) atoms. The molecule has 1 unspecified atom stereocenters. The number of nitro groups is 1. The fourth-order valence-electron chi connectivity index (χ4n) is 2.06. The van der Waals surface area contributed by atoms with Gasteiger partial charge in [0.25, 0.3) is 5.69 Å². The zero-order chi connectivity index (χ0) is 16.1. The molecule has 0 saturated carbocycles. The molecule has 0 aliphatic carbocycles. The van der Waals surface area contributed by atoms with Gasteiger partial charge < -0.3 is 0 Å². The van der Waals surface area contributed by atoms with Crippen molar-refractivity contribution in [3.63, 3.8) is 0 Å². The van der Waals surface area contributed by atoms with Crippen molar-refractivity contribution >= 4 is 17.3 Å². The minimum atomic E-state index is -0.516. The lowest BCUT2D eigenvalue weighted by Gasteiger charge is -2.11. The van der Waals surface area contributed by atoms with Crippen LogP contribution in [0.1, 0.15) is 22.6 Å². The van der Waals surface area contributed by atoms with Crippen molar-refractivity contribution < 1.29 is 4.92 Å². The highest BCUT2D eigenvalue weighted by atomic mass is 35.5. The van der Waals surface area contributed by atoms with Crippen LogP contribution in [0, 0.1) is 32.8 Å². The Morgan fingerprint density at radius 3 is 2.36 bits per heavy atom. The number of hydrogen-bond donors (Lipinski definition) is 0. The van der Waals surface area contributed by atoms with Gasteiger partial charge in [0.2, 0.25) is 0 Å². The quantitative estimate of drug-likeness (QED) is 0.631. The van der Waals surface area contributed by atoms with Crippen molar-refractivity contribution in [3.05, 3.63) is 74.3 Å². The molecule has 0 fully saturated rings. The van der Waals surface area contributed by atoms with Gasteiger partial charge in [0.05, 0.1) is 33.6 Å². The molecule has 2 aromatic rings. The smallest absolute Gasteiger partial charge is 0.258 e. The van der Waals surface area contributed by atoms with E-state index in [1.807, 2.05) is 6.07 Å². The number of halogens is 1. The number of nitrogens with zero attached hydrogens (tertiary/aromatic N) is 3. The Kier molecular flexibility index (Phi) is 4.73. The second-order valence-electron chi connectivity index (χ2n) is 4.65. The van der Waals surface area contributed by atoms with E-state index in [9.17, 15) is 15.4 Å². The zero-order valence-electron chi connectivity index (χ0n) is 11.4. The van der Waals surface area contributed by atoms with Crippen LogP contribution in [-0.2, 0) is 6.42 Å². The van der Waals surface area contributed by atoms with Crippen LogP contribution in [0.4, 0.5) is 5.69 Å². The summed E-state index contributed by atoms with van der Waals surface area (Å²) in [6.07, 6.45) is 0.346. The van der Waals surface area contributed by atoms with Gasteiger partial charge in [-0.15, -0.1) is 0 Å². The van der Waals surface area contributed by atoms with Crippen LogP contribution in [0.2, 0.25) is 5.02 Å². The van der Waals surface area contributed by atoms with Gasteiger partial charge in [0.15, 0.2) is 0 Å². The minimum absolute atomic E-state index is 0.0827. The van der Waals surface area contributed by atoms with Crippen molar-refractivity contribution in [2.24, 2.45) is 0 Å². The van der Waals surface area contributed by atoms with E-state index in [0.29, 0.717) is 17.5 Å². The third-order valence-corrected chi connectivity index (χ3v) is 3.62. The standard InChI is InChI=1S/C16H10ClN3O2/c17-16-8-15(20(21)22)6-5-13(16)7-14(10-19)12-3-1-11(9-18)2-4-12/h1-6,8,14H,7H2. The summed E-state index contributed by atoms with van der Waals surface area (Å²) in [4.78, 5) is 10.2. The van der Waals surface area contributed by atoms with Gasteiger partial charge in [-0.2, -0.15) is 10.5 Å². The summed E-state index contributed by atoms with van der Waals surface area (Å²) in [6, 6.07) is 15.2. The number of benzene rings is 2. The Morgan fingerprint density at radius 2 is 1.86 bits per heavy atom. The maximum absolute atomic E-state index is 10.7. The average molecular weight is 312 g/mol. The number of nitriles is 2. The predicted octanol–water partition coefficient (Wildman–Crippen LogP) is 3.97. The van der Waals surface area contributed by atoms with E-state index in [-0.39, 0.29) is 10.7 Å². The lowest BCUT2D eigenvalue weighted by Crippen LogP contribution is -2.01. The fraction of sp³-hybridized carbons (Fsp3) is 0.125. The van der Waals surface area contributed by atoms with Crippen LogP contribution in [0.25, 0.3) is 0 Å². The van der Waals surface area contributed by atoms with Crippen LogP contribution < -0.4 is 0 Å². The largest absolute Gasteiger partial charge is 0.270 e. The second kappa shape index (κ2) is 6.71. The molecular formula is C16H10ClN3O2. The molecule has 2 rings (SSSR count). The van der Waals surface area contributed by atoms with E-state index < -0.39 is 10.8 Å². The molecule has 0 spiro atoms. The lowest BCUT2D eigenvalue weighted by atomic mass is 9.92. The molecule has 0 radical (unpaired) electrons. The Morgan fingerprint density at radius 1 is 1.18 bits per heavy atom. The van der Waals surface area contributed by atoms with Crippen molar-refractivity contribution in [1.29, 1.82) is 10.5 Å². The Labute approximate surface area is 132 Å². The van der Waals surface area contributed by atoms with Crippen molar-refractivity contribution in [1.82, 2.24) is 0 Å². The maximum atomic E-state index is 10.7. The van der Waals surface area contributed by atoms with Gasteiger partial charge in [0.1, 0.15) is 0 Å². The molecule has 0 heterocycles. The topological polar surface area (TPSA) is 90.7 Å². The van der Waals surface area contributed by atoms with Gasteiger partial charge in [0, 0.05) is 12.1 Å². The SMILES string of the molecule is N#Cc1ccc(C(C#N)Cc2ccc([N+](=O)[O-])cc2Cl)cc1. The van der Waals surface area contributed by atoms with E-state index in [2.05, 4.69) is 6.07 Å². The molecular weight excluding hydrogens is 302 g/mol. The van der Waals surface area contributed by atoms with Crippen LogP contribution in [0.15, 0.2) is 42.5 Å². The molecule has 1 atom stereocenters. The van der Waals surface area contributed by atoms with Gasteiger partial charge in [-0.3, -0.25) is 10.1 Å². The lowest BCUT2D eigenvalue weighted by molar-refractivity contribution is -0.384. The molecule has 0 bridgehead atoms. The molecule has 108 valence electrons. The Hall–Kier alpha value is -2.89. The molecule has 6 heteroatoms. The molecule has 2 aromatic carbocycles. The summed E-state index contributed by atoms with van der Waals surface area (Å²) in [5.74, 6) is -0.438. The van der Waals surface area contributed by atoms with Crippen LogP contribution in [0.5, 0.6) is 0 Å². The van der Waals surface area contributed by atoms with Crippen LogP contribution >= 0.6 is 11.6 Å². The third-order valence-electron chi connectivity index (χ3n) is 3.27. The summed E-state index contributed by atoms with van der Waals surface area (Å²) in [5, 5.41) is 29.1. The second-order valence-corrected chi connectivity index (χ2v) is 5.06. The monoisotopic (exact) mass is 311 g/mol. The molecule has 0 aliphatic rings. The summed E-state index contributed by atoms with van der Waals surface area (Å²) < 4.78 is 0. The zero-order valence-corrected chi connectivity index (χ0v) is 12.1. The summed E-state index contributed by atoms with van der Waals surface area (Å²) >= 11 is 6.05. The summed E-state index contributed by atoms with van der Waals surface area (Å²) in [6.45, 7) is 0. The van der Waals surface area contributed by atoms with Crippen molar-refractivity contribution in [2.45, 2.75) is 12.3 Å². The van der Waals surface area contributed by atoms with E-state index in [0.717, 1.165) is 5.56 Å². The van der Waals surface area contributed by atoms with Crippen LogP contribution in [-0.4, -0.2) is 4.92 Å². The summed E-state index contributed by atoms with van der Waals surface area (Å²) in [7, 11) is 0. The Balaban J connectivity index is 2.25. The minimum Gasteiger partial charge on any atom is -0.258 e. The third kappa shape index (κ3) is 3.41. The first kappa shape index (κ1) is 15.5. The first-order valence-corrected chi connectivity index (χ1v) is 6.75. The highest BCUT2D eigenvalue weighted by Crippen LogP contribution is 2.28. The van der Waals surface area contributed by atoms with E-state index in [4.69, 9.17) is 16.9 Å². The summed E-state index contributed by atoms with van der Waals surface area (Å²) in [5.41, 5.74) is 1.88.